The molecule has 0 aliphatic carbocycles. The van der Waals surface area contributed by atoms with Gasteiger partial charge in [-0.25, -0.2) is 0 Å². The lowest BCUT2D eigenvalue weighted by Crippen LogP contribution is -2.46. The van der Waals surface area contributed by atoms with Crippen molar-refractivity contribution in [3.05, 3.63) is 59.2 Å². The third-order valence-corrected chi connectivity index (χ3v) is 6.28. The van der Waals surface area contributed by atoms with E-state index in [0.29, 0.717) is 35.2 Å². The lowest BCUT2D eigenvalue weighted by atomic mass is 9.86. The van der Waals surface area contributed by atoms with E-state index in [4.69, 9.17) is 15.6 Å². The predicted octanol–water partition coefficient (Wildman–Crippen LogP) is 5.19. The third-order valence-electron chi connectivity index (χ3n) is 6.28. The number of hydrogen-bond donors (Lipinski definition) is 1. The standard InChI is InChI=1S/C27H33F2N3O4/c1-6-16-13-20(15-33)32(25(30)18-9-7-17(8-10-18)24(34)27(2,3)4)31-23(16)19-11-12-21(35-5)22(14-19)36-26(28)29/h7-12,14-16,20,25-26H,6,13,30H2,1-5H3. The maximum absolute atomic E-state index is 13.0. The Morgan fingerprint density at radius 3 is 2.39 bits per heavy atom. The lowest BCUT2D eigenvalue weighted by Gasteiger charge is -2.38. The Balaban J connectivity index is 1.99. The number of halogens is 2. The molecule has 2 aromatic rings. The SMILES string of the molecule is CCC1CC(C=O)N(C(N)c2ccc(C(=O)C(C)(C)C)cc2)N=C1c1ccc(OC)c(OC(F)F)c1. The van der Waals surface area contributed by atoms with Crippen molar-refractivity contribution >= 4 is 17.8 Å². The minimum Gasteiger partial charge on any atom is -0.493 e. The Hall–Kier alpha value is -3.33. The van der Waals surface area contributed by atoms with Crippen LogP contribution in [0.5, 0.6) is 11.5 Å². The summed E-state index contributed by atoms with van der Waals surface area (Å²) >= 11 is 0. The first-order valence-corrected chi connectivity index (χ1v) is 11.9. The number of benzene rings is 2. The zero-order valence-electron chi connectivity index (χ0n) is 21.2. The monoisotopic (exact) mass is 501 g/mol. The molecule has 36 heavy (non-hydrogen) atoms. The molecule has 9 heteroatoms. The normalized spacial score (nSPS) is 19.0. The van der Waals surface area contributed by atoms with Gasteiger partial charge >= 0.3 is 6.61 Å². The van der Waals surface area contributed by atoms with Gasteiger partial charge in [0, 0.05) is 22.5 Å². The van der Waals surface area contributed by atoms with Crippen molar-refractivity contribution in [2.24, 2.45) is 22.2 Å². The van der Waals surface area contributed by atoms with Crippen LogP contribution in [0, 0.1) is 11.3 Å². The summed E-state index contributed by atoms with van der Waals surface area (Å²) in [4.78, 5) is 24.6. The van der Waals surface area contributed by atoms with Crippen molar-refractivity contribution in [2.45, 2.75) is 59.4 Å². The van der Waals surface area contributed by atoms with Crippen LogP contribution in [-0.2, 0) is 4.79 Å². The molecule has 3 unspecified atom stereocenters. The second-order valence-corrected chi connectivity index (χ2v) is 9.80. The first-order valence-electron chi connectivity index (χ1n) is 11.9. The third kappa shape index (κ3) is 5.90. The van der Waals surface area contributed by atoms with E-state index in [1.54, 1.807) is 36.4 Å². The van der Waals surface area contributed by atoms with Crippen molar-refractivity contribution in [2.75, 3.05) is 7.11 Å². The fourth-order valence-corrected chi connectivity index (χ4v) is 4.27. The number of nitrogens with zero attached hydrogens (tertiary/aromatic N) is 2. The van der Waals surface area contributed by atoms with E-state index in [1.807, 2.05) is 27.7 Å². The van der Waals surface area contributed by atoms with E-state index in [9.17, 15) is 18.4 Å². The average molecular weight is 502 g/mol. The summed E-state index contributed by atoms with van der Waals surface area (Å²) in [5.74, 6) is -0.00949. The number of ketones is 1. The van der Waals surface area contributed by atoms with E-state index < -0.39 is 24.2 Å². The molecule has 2 N–H and O–H groups in total. The maximum atomic E-state index is 13.0. The molecule has 0 amide bonds. The van der Waals surface area contributed by atoms with Gasteiger partial charge < -0.3 is 20.0 Å². The number of carbonyl (C=O) groups excluding carboxylic acids is 2. The molecule has 0 spiro atoms. The Labute approximate surface area is 210 Å². The number of nitrogens with two attached hydrogens (primary N) is 1. The van der Waals surface area contributed by atoms with Gasteiger partial charge in [0.15, 0.2) is 17.3 Å². The molecule has 0 bridgehead atoms. The first-order chi connectivity index (χ1) is 17.0. The number of carbonyl (C=O) groups is 2. The minimum absolute atomic E-state index is 0.0128. The van der Waals surface area contributed by atoms with Crippen LogP contribution in [0.2, 0.25) is 0 Å². The molecule has 2 aromatic carbocycles. The minimum atomic E-state index is -3.01. The van der Waals surface area contributed by atoms with Crippen molar-refractivity contribution in [3.63, 3.8) is 0 Å². The number of rotatable bonds is 9. The van der Waals surface area contributed by atoms with Gasteiger partial charge in [-0.15, -0.1) is 0 Å². The van der Waals surface area contributed by atoms with Crippen molar-refractivity contribution in [1.29, 1.82) is 0 Å². The summed E-state index contributed by atoms with van der Waals surface area (Å²) in [6.07, 6.45) is 1.21. The molecular weight excluding hydrogens is 468 g/mol. The smallest absolute Gasteiger partial charge is 0.387 e. The van der Waals surface area contributed by atoms with Crippen molar-refractivity contribution in [3.8, 4) is 11.5 Å². The van der Waals surface area contributed by atoms with Crippen molar-refractivity contribution < 1.29 is 27.8 Å². The topological polar surface area (TPSA) is 94.2 Å². The van der Waals surface area contributed by atoms with Crippen LogP contribution in [0.4, 0.5) is 8.78 Å². The number of methoxy groups -OCH3 is 1. The second-order valence-electron chi connectivity index (χ2n) is 9.80. The molecule has 1 aliphatic rings. The summed E-state index contributed by atoms with van der Waals surface area (Å²) in [7, 11) is 1.37. The zero-order valence-corrected chi connectivity index (χ0v) is 21.2. The zero-order chi connectivity index (χ0) is 26.6. The molecule has 194 valence electrons. The van der Waals surface area contributed by atoms with E-state index in [-0.39, 0.29) is 23.2 Å². The molecule has 1 aliphatic heterocycles. The average Bonchev–Trinajstić information content (AvgIpc) is 2.86. The van der Waals surface area contributed by atoms with Crippen LogP contribution in [0.15, 0.2) is 47.6 Å². The van der Waals surface area contributed by atoms with Crippen molar-refractivity contribution in [1.82, 2.24) is 5.01 Å². The molecule has 7 nitrogen and oxygen atoms in total. The quantitative estimate of drug-likeness (QED) is 0.376. The number of aldehydes is 1. The van der Waals surface area contributed by atoms with E-state index in [1.165, 1.54) is 18.2 Å². The van der Waals surface area contributed by atoms with Crippen LogP contribution in [0.25, 0.3) is 0 Å². The van der Waals surface area contributed by atoms with Gasteiger partial charge in [-0.2, -0.15) is 13.9 Å². The largest absolute Gasteiger partial charge is 0.493 e. The maximum Gasteiger partial charge on any atom is 0.387 e. The van der Waals surface area contributed by atoms with Gasteiger partial charge in [0.25, 0.3) is 0 Å². The van der Waals surface area contributed by atoms with E-state index in [0.717, 1.165) is 6.29 Å². The summed E-state index contributed by atoms with van der Waals surface area (Å²) in [6, 6.07) is 11.1. The van der Waals surface area contributed by atoms with Crippen LogP contribution < -0.4 is 15.2 Å². The highest BCUT2D eigenvalue weighted by Gasteiger charge is 2.34. The number of hydrazone groups is 1. The molecule has 3 rings (SSSR count). The van der Waals surface area contributed by atoms with E-state index in [2.05, 4.69) is 4.74 Å². The summed E-state index contributed by atoms with van der Waals surface area (Å²) in [5, 5.41) is 6.28. The second kappa shape index (κ2) is 11.2. The Bertz CT molecular complexity index is 1110. The first kappa shape index (κ1) is 27.3. The molecule has 0 radical (unpaired) electrons. The highest BCUT2D eigenvalue weighted by Crippen LogP contribution is 2.35. The Morgan fingerprint density at radius 2 is 1.86 bits per heavy atom. The summed E-state index contributed by atoms with van der Waals surface area (Å²) in [6.45, 7) is 4.53. The van der Waals surface area contributed by atoms with Crippen LogP contribution >= 0.6 is 0 Å². The number of ether oxygens (including phenoxy) is 2. The molecule has 0 saturated carbocycles. The fourth-order valence-electron chi connectivity index (χ4n) is 4.27. The van der Waals surface area contributed by atoms with Gasteiger partial charge in [0.1, 0.15) is 18.5 Å². The van der Waals surface area contributed by atoms with Gasteiger partial charge in [0.05, 0.1) is 12.8 Å². The van der Waals surface area contributed by atoms with E-state index >= 15 is 0 Å². The Kier molecular flexibility index (Phi) is 8.45. The molecule has 0 aromatic heterocycles. The molecule has 0 saturated heterocycles. The van der Waals surface area contributed by atoms with Gasteiger partial charge in [0.2, 0.25) is 0 Å². The lowest BCUT2D eigenvalue weighted by molar-refractivity contribution is -0.114. The summed E-state index contributed by atoms with van der Waals surface area (Å²) < 4.78 is 35.7. The molecule has 1 heterocycles. The van der Waals surface area contributed by atoms with Crippen LogP contribution in [-0.4, -0.2) is 42.6 Å². The van der Waals surface area contributed by atoms with Crippen LogP contribution in [0.1, 0.15) is 68.2 Å². The fraction of sp³-hybridized carbons (Fsp3) is 0.444. The Morgan fingerprint density at radius 1 is 1.19 bits per heavy atom. The predicted molar refractivity (Wildman–Crippen MR) is 133 cm³/mol. The van der Waals surface area contributed by atoms with Gasteiger partial charge in [-0.05, 0) is 36.6 Å². The molecular formula is C27H33F2N3O4. The van der Waals surface area contributed by atoms with Gasteiger partial charge in [-0.1, -0.05) is 52.0 Å². The summed E-state index contributed by atoms with van der Waals surface area (Å²) in [5.41, 5.74) is 8.48. The molecule has 0 fully saturated rings. The van der Waals surface area contributed by atoms with Crippen LogP contribution in [0.3, 0.4) is 0 Å². The van der Waals surface area contributed by atoms with Gasteiger partial charge in [-0.3, -0.25) is 9.80 Å². The number of alkyl halides is 2. The molecule has 3 atom stereocenters. The number of Topliss-reactive ketones (excluding diaryl/α,β-unsaturated/α-hetero) is 1. The highest BCUT2D eigenvalue weighted by atomic mass is 19.3. The number of hydrogen-bond acceptors (Lipinski definition) is 7. The highest BCUT2D eigenvalue weighted by molar-refractivity contribution is 6.03.